The van der Waals surface area contributed by atoms with Crippen molar-refractivity contribution < 1.29 is 18.0 Å². The molecule has 3 aromatic rings. The predicted molar refractivity (Wildman–Crippen MR) is 155 cm³/mol. The summed E-state index contributed by atoms with van der Waals surface area (Å²) >= 11 is 5.59. The van der Waals surface area contributed by atoms with Crippen LogP contribution < -0.4 is 10.2 Å². The molecular weight excluding hydrogens is 521 g/mol. The van der Waals surface area contributed by atoms with Gasteiger partial charge in [-0.2, -0.15) is 0 Å². The Hall–Kier alpha value is -4.37. The molecule has 9 heteroatoms. The van der Waals surface area contributed by atoms with Gasteiger partial charge in [0.25, 0.3) is 0 Å². The number of carbonyl (C=O) groups excluding carboxylic acids is 1. The standard InChI is InChI=1S/C30H27F3N4OS/c1-6-9-23-27(34-19(5)35-29(23)37(17-38)28(25(32)7-2)26(33)8-3)24-16-20(11-10-18(24)4)30(39)36-22-14-12-21(31)13-15-22/h6-17H,2H2,1,3-5H3,(H,36,39)/b9-6-,26-8+,28-25-. The molecule has 0 aliphatic carbocycles. The molecule has 1 heterocycles. The second kappa shape index (κ2) is 12.9. The van der Waals surface area contributed by atoms with Crippen molar-refractivity contribution >= 4 is 41.2 Å². The summed E-state index contributed by atoms with van der Waals surface area (Å²) < 4.78 is 42.9. The quantitative estimate of drug-likeness (QED) is 0.167. The molecule has 0 atom stereocenters. The Morgan fingerprint density at radius 1 is 1.08 bits per heavy atom. The van der Waals surface area contributed by atoms with Crippen LogP contribution in [-0.4, -0.2) is 21.4 Å². The summed E-state index contributed by atoms with van der Waals surface area (Å²) in [6, 6.07) is 11.3. The number of thiocarbonyl (C=S) groups is 1. The van der Waals surface area contributed by atoms with Crippen LogP contribution in [0.5, 0.6) is 0 Å². The number of anilines is 2. The number of rotatable bonds is 9. The first-order chi connectivity index (χ1) is 18.6. The number of hydrogen-bond acceptors (Lipinski definition) is 4. The van der Waals surface area contributed by atoms with Crippen molar-refractivity contribution in [1.82, 2.24) is 9.97 Å². The number of amides is 1. The first-order valence-corrected chi connectivity index (χ1v) is 12.3. The third-order valence-electron chi connectivity index (χ3n) is 5.69. The van der Waals surface area contributed by atoms with Crippen LogP contribution in [0.15, 0.2) is 84.6 Å². The number of allylic oxidation sites excluding steroid dienone is 5. The van der Waals surface area contributed by atoms with Crippen LogP contribution in [0.2, 0.25) is 0 Å². The Kier molecular flexibility index (Phi) is 9.68. The first kappa shape index (κ1) is 29.2. The Bertz CT molecular complexity index is 1510. The van der Waals surface area contributed by atoms with Crippen LogP contribution in [0.3, 0.4) is 0 Å². The van der Waals surface area contributed by atoms with Crippen molar-refractivity contribution in [2.24, 2.45) is 0 Å². The molecule has 0 aliphatic heterocycles. The lowest BCUT2D eigenvalue weighted by Gasteiger charge is -2.23. The fourth-order valence-corrected chi connectivity index (χ4v) is 4.06. The SMILES string of the molecule is C=C/C(F)=C(\C(F)=C/C)N(C=O)c1nc(C)nc(-c2cc(C(=S)Nc3ccc(F)cc3)ccc2C)c1/C=C\C. The Morgan fingerprint density at radius 2 is 1.77 bits per heavy atom. The molecule has 2 aromatic carbocycles. The van der Waals surface area contributed by atoms with Gasteiger partial charge in [0.1, 0.15) is 34.0 Å². The molecule has 0 unspecified atom stereocenters. The normalized spacial score (nSPS) is 12.2. The summed E-state index contributed by atoms with van der Waals surface area (Å²) in [4.78, 5) is 22.5. The maximum atomic E-state index is 14.8. The molecule has 0 saturated carbocycles. The number of nitrogens with one attached hydrogen (secondary N) is 1. The summed E-state index contributed by atoms with van der Waals surface area (Å²) in [7, 11) is 0. The van der Waals surface area contributed by atoms with E-state index in [9.17, 15) is 18.0 Å². The van der Waals surface area contributed by atoms with Gasteiger partial charge < -0.3 is 5.32 Å². The number of halogens is 3. The molecule has 0 bridgehead atoms. The van der Waals surface area contributed by atoms with Crippen molar-refractivity contribution in [2.75, 3.05) is 10.2 Å². The lowest BCUT2D eigenvalue weighted by atomic mass is 9.98. The molecule has 0 saturated heterocycles. The van der Waals surface area contributed by atoms with Crippen LogP contribution in [0.25, 0.3) is 17.3 Å². The van der Waals surface area contributed by atoms with Crippen molar-refractivity contribution in [3.63, 3.8) is 0 Å². The van der Waals surface area contributed by atoms with Gasteiger partial charge >= 0.3 is 0 Å². The Balaban J connectivity index is 2.23. The number of carbonyl (C=O) groups is 1. The fraction of sp³-hybridized carbons (Fsp3) is 0.133. The van der Waals surface area contributed by atoms with E-state index in [1.165, 1.54) is 19.1 Å². The van der Waals surface area contributed by atoms with Gasteiger partial charge in [-0.1, -0.05) is 43.1 Å². The highest BCUT2D eigenvalue weighted by Gasteiger charge is 2.26. The summed E-state index contributed by atoms with van der Waals surface area (Å²) in [6.45, 7) is 10.0. The van der Waals surface area contributed by atoms with E-state index in [0.717, 1.165) is 22.6 Å². The molecule has 0 radical (unpaired) electrons. The van der Waals surface area contributed by atoms with Gasteiger partial charge in [-0.25, -0.2) is 23.1 Å². The summed E-state index contributed by atoms with van der Waals surface area (Å²) in [5.41, 5.74) is 2.97. The Labute approximate surface area is 231 Å². The minimum Gasteiger partial charge on any atom is -0.346 e. The highest BCUT2D eigenvalue weighted by Crippen LogP contribution is 2.36. The summed E-state index contributed by atoms with van der Waals surface area (Å²) in [5, 5.41) is 3.08. The number of nitrogens with zero attached hydrogens (tertiary/aromatic N) is 3. The maximum absolute atomic E-state index is 14.8. The van der Waals surface area contributed by atoms with E-state index in [-0.39, 0.29) is 17.5 Å². The highest BCUT2D eigenvalue weighted by molar-refractivity contribution is 7.81. The fourth-order valence-electron chi connectivity index (χ4n) is 3.82. The van der Waals surface area contributed by atoms with Gasteiger partial charge in [0.05, 0.1) is 5.69 Å². The topological polar surface area (TPSA) is 58.1 Å². The third-order valence-corrected chi connectivity index (χ3v) is 6.03. The van der Waals surface area contributed by atoms with Gasteiger partial charge in [-0.3, -0.25) is 9.69 Å². The van der Waals surface area contributed by atoms with Gasteiger partial charge in [0.15, 0.2) is 5.82 Å². The molecule has 3 rings (SSSR count). The molecule has 1 amide bonds. The molecule has 1 N–H and O–H groups in total. The average Bonchev–Trinajstić information content (AvgIpc) is 2.93. The molecule has 5 nitrogen and oxygen atoms in total. The van der Waals surface area contributed by atoms with Crippen LogP contribution >= 0.6 is 12.2 Å². The third kappa shape index (κ3) is 6.56. The summed E-state index contributed by atoms with van der Waals surface area (Å²) in [5.74, 6) is -2.08. The molecule has 39 heavy (non-hydrogen) atoms. The zero-order valence-corrected chi connectivity index (χ0v) is 22.7. The largest absolute Gasteiger partial charge is 0.346 e. The second-order valence-corrected chi connectivity index (χ2v) is 8.77. The van der Waals surface area contributed by atoms with E-state index in [0.29, 0.717) is 39.5 Å². The molecule has 0 aliphatic rings. The van der Waals surface area contributed by atoms with E-state index < -0.39 is 17.4 Å². The van der Waals surface area contributed by atoms with E-state index in [2.05, 4.69) is 21.9 Å². The van der Waals surface area contributed by atoms with Crippen LogP contribution in [0, 0.1) is 19.7 Å². The second-order valence-electron chi connectivity index (χ2n) is 8.36. The lowest BCUT2D eigenvalue weighted by molar-refractivity contribution is -0.107. The molecular formula is C30H27F3N4OS. The van der Waals surface area contributed by atoms with Crippen molar-refractivity contribution in [3.8, 4) is 11.3 Å². The number of aryl methyl sites for hydroxylation is 2. The first-order valence-electron chi connectivity index (χ1n) is 11.9. The van der Waals surface area contributed by atoms with Gasteiger partial charge in [-0.15, -0.1) is 0 Å². The monoisotopic (exact) mass is 548 g/mol. The molecule has 0 fully saturated rings. The molecule has 1 aromatic heterocycles. The zero-order chi connectivity index (χ0) is 28.7. The Morgan fingerprint density at radius 3 is 2.36 bits per heavy atom. The van der Waals surface area contributed by atoms with E-state index in [1.807, 2.05) is 25.1 Å². The minimum atomic E-state index is -1.03. The molecule has 0 spiro atoms. The van der Waals surface area contributed by atoms with E-state index in [4.69, 9.17) is 12.2 Å². The minimum absolute atomic E-state index is 0.00795. The lowest BCUT2D eigenvalue weighted by Crippen LogP contribution is -2.25. The highest BCUT2D eigenvalue weighted by atomic mass is 32.1. The number of aromatic nitrogens is 2. The maximum Gasteiger partial charge on any atom is 0.220 e. The van der Waals surface area contributed by atoms with Crippen molar-refractivity contribution in [1.29, 1.82) is 0 Å². The summed E-state index contributed by atoms with van der Waals surface area (Å²) in [6.07, 6.45) is 5.54. The van der Waals surface area contributed by atoms with Gasteiger partial charge in [0, 0.05) is 22.4 Å². The molecule has 200 valence electrons. The van der Waals surface area contributed by atoms with Crippen molar-refractivity contribution in [3.05, 3.63) is 113 Å². The average molecular weight is 549 g/mol. The van der Waals surface area contributed by atoms with Crippen LogP contribution in [0.4, 0.5) is 24.7 Å². The van der Waals surface area contributed by atoms with Gasteiger partial charge in [-0.05, 0) is 75.7 Å². The van der Waals surface area contributed by atoms with E-state index >= 15 is 0 Å². The van der Waals surface area contributed by atoms with Crippen LogP contribution in [-0.2, 0) is 4.79 Å². The van der Waals surface area contributed by atoms with Crippen molar-refractivity contribution in [2.45, 2.75) is 27.7 Å². The number of hydrogen-bond donors (Lipinski definition) is 1. The van der Waals surface area contributed by atoms with Gasteiger partial charge in [0.2, 0.25) is 6.41 Å². The smallest absolute Gasteiger partial charge is 0.220 e. The van der Waals surface area contributed by atoms with Crippen LogP contribution in [0.1, 0.15) is 36.4 Å². The predicted octanol–water partition coefficient (Wildman–Crippen LogP) is 7.92. The number of benzene rings is 2. The van der Waals surface area contributed by atoms with E-state index in [1.54, 1.807) is 38.1 Å². The zero-order valence-electron chi connectivity index (χ0n) is 21.9.